The Bertz CT molecular complexity index is 836. The molecule has 124 valence electrons. The zero-order valence-electron chi connectivity index (χ0n) is 12.7. The van der Waals surface area contributed by atoms with E-state index >= 15 is 0 Å². The van der Waals surface area contributed by atoms with E-state index in [1.807, 2.05) is 0 Å². The number of carbonyl (C=O) groups is 1. The number of nitrogens with zero attached hydrogens (tertiary/aromatic N) is 3. The maximum Gasteiger partial charge on any atom is 0.310 e. The molecule has 2 rings (SSSR count). The highest BCUT2D eigenvalue weighted by atomic mass is 16.6. The highest BCUT2D eigenvalue weighted by Gasteiger charge is 2.18. The Labute approximate surface area is 135 Å². The predicted octanol–water partition coefficient (Wildman–Crippen LogP) is 2.47. The molecular weight excluding hydrogens is 320 g/mol. The van der Waals surface area contributed by atoms with E-state index in [9.17, 15) is 25.0 Å². The van der Waals surface area contributed by atoms with Gasteiger partial charge in [-0.05, 0) is 19.1 Å². The van der Waals surface area contributed by atoms with Crippen LogP contribution in [-0.2, 0) is 0 Å². The number of hydrogen-bond donors (Lipinski definition) is 1. The summed E-state index contributed by atoms with van der Waals surface area (Å²) in [6.07, 6.45) is 1.04. The van der Waals surface area contributed by atoms with Gasteiger partial charge in [-0.15, -0.1) is 0 Å². The van der Waals surface area contributed by atoms with Gasteiger partial charge < -0.3 is 10.1 Å². The van der Waals surface area contributed by atoms with E-state index in [-0.39, 0.29) is 28.5 Å². The number of carbonyl (C=O) groups excluding carboxylic acids is 1. The molecule has 0 aliphatic carbocycles. The van der Waals surface area contributed by atoms with Crippen molar-refractivity contribution in [3.8, 4) is 5.75 Å². The number of rotatable bonds is 5. The molecule has 1 N–H and O–H groups in total. The van der Waals surface area contributed by atoms with Crippen LogP contribution in [0.25, 0.3) is 0 Å². The van der Waals surface area contributed by atoms with Crippen LogP contribution in [0.5, 0.6) is 5.75 Å². The lowest BCUT2D eigenvalue weighted by Gasteiger charge is -2.07. The van der Waals surface area contributed by atoms with Crippen molar-refractivity contribution in [2.24, 2.45) is 0 Å². The minimum atomic E-state index is -0.623. The van der Waals surface area contributed by atoms with Gasteiger partial charge in [-0.25, -0.2) is 4.98 Å². The molecule has 10 nitrogen and oxygen atoms in total. The van der Waals surface area contributed by atoms with Gasteiger partial charge in [0.15, 0.2) is 5.75 Å². The van der Waals surface area contributed by atoms with Crippen LogP contribution in [0.1, 0.15) is 15.9 Å². The number of aromatic nitrogens is 1. The summed E-state index contributed by atoms with van der Waals surface area (Å²) in [6.45, 7) is 1.52. The summed E-state index contributed by atoms with van der Waals surface area (Å²) in [5.41, 5.74) is 0.0326. The lowest BCUT2D eigenvalue weighted by atomic mass is 10.1. The maximum atomic E-state index is 12.2. The Morgan fingerprint density at radius 1 is 1.17 bits per heavy atom. The van der Waals surface area contributed by atoms with Crippen LogP contribution in [0, 0.1) is 27.2 Å². The number of anilines is 1. The third-order valence-corrected chi connectivity index (χ3v) is 3.16. The first-order valence-electron chi connectivity index (χ1n) is 6.58. The van der Waals surface area contributed by atoms with Crippen molar-refractivity contribution in [2.75, 3.05) is 12.4 Å². The minimum Gasteiger partial charge on any atom is -0.490 e. The first-order chi connectivity index (χ1) is 11.3. The van der Waals surface area contributed by atoms with Crippen molar-refractivity contribution in [1.82, 2.24) is 4.98 Å². The second-order valence-corrected chi connectivity index (χ2v) is 4.71. The van der Waals surface area contributed by atoms with Crippen molar-refractivity contribution < 1.29 is 19.4 Å². The number of amides is 1. The van der Waals surface area contributed by atoms with Gasteiger partial charge in [-0.2, -0.15) is 0 Å². The molecule has 0 spiro atoms. The van der Waals surface area contributed by atoms with Gasteiger partial charge in [-0.1, -0.05) is 0 Å². The number of aryl methyl sites for hydroxylation is 1. The molecule has 0 saturated carbocycles. The first-order valence-corrected chi connectivity index (χ1v) is 6.58. The summed E-state index contributed by atoms with van der Waals surface area (Å²) in [5, 5.41) is 24.0. The van der Waals surface area contributed by atoms with Crippen LogP contribution in [0.15, 0.2) is 30.5 Å². The molecule has 0 radical (unpaired) electrons. The van der Waals surface area contributed by atoms with Crippen molar-refractivity contribution in [3.05, 3.63) is 61.8 Å². The van der Waals surface area contributed by atoms with Crippen molar-refractivity contribution in [2.45, 2.75) is 6.92 Å². The van der Waals surface area contributed by atoms with E-state index in [2.05, 4.69) is 10.3 Å². The number of benzene rings is 1. The van der Waals surface area contributed by atoms with E-state index in [1.54, 1.807) is 0 Å². The van der Waals surface area contributed by atoms with Crippen molar-refractivity contribution in [3.63, 3.8) is 0 Å². The van der Waals surface area contributed by atoms with E-state index in [1.165, 1.54) is 32.2 Å². The zero-order chi connectivity index (χ0) is 17.9. The predicted molar refractivity (Wildman–Crippen MR) is 83.2 cm³/mol. The summed E-state index contributed by atoms with van der Waals surface area (Å²) in [5.74, 6) is -0.509. The SMILES string of the molecule is COc1cc(C(=O)Nc2cc(C)c([N+](=O)[O-])cn2)ccc1[N+](=O)[O-]. The average Bonchev–Trinajstić information content (AvgIpc) is 2.53. The Morgan fingerprint density at radius 3 is 2.38 bits per heavy atom. The molecule has 2 aromatic rings. The lowest BCUT2D eigenvalue weighted by Crippen LogP contribution is -2.13. The van der Waals surface area contributed by atoms with Gasteiger partial charge in [0.1, 0.15) is 12.0 Å². The standard InChI is InChI=1S/C14H12N4O6/c1-8-5-13(15-7-11(8)18(22)23)16-14(19)9-3-4-10(17(20)21)12(6-9)24-2/h3-7H,1-2H3,(H,15,16,19). The van der Waals surface area contributed by atoms with E-state index < -0.39 is 15.8 Å². The summed E-state index contributed by atoms with van der Waals surface area (Å²) in [7, 11) is 1.26. The molecule has 1 heterocycles. The number of nitro groups is 2. The number of nitrogens with one attached hydrogen (secondary N) is 1. The van der Waals surface area contributed by atoms with Gasteiger partial charge >= 0.3 is 5.69 Å². The summed E-state index contributed by atoms with van der Waals surface area (Å²) in [6, 6.07) is 5.01. The Kier molecular flexibility index (Phi) is 4.68. The van der Waals surface area contributed by atoms with Crippen LogP contribution in [-0.4, -0.2) is 27.8 Å². The Morgan fingerprint density at radius 2 is 1.83 bits per heavy atom. The summed E-state index contributed by atoms with van der Waals surface area (Å²) >= 11 is 0. The second-order valence-electron chi connectivity index (χ2n) is 4.71. The highest BCUT2D eigenvalue weighted by molar-refractivity contribution is 6.04. The Hall–Kier alpha value is -3.56. The second kappa shape index (κ2) is 6.69. The molecule has 1 aromatic carbocycles. The van der Waals surface area contributed by atoms with Crippen LogP contribution in [0.2, 0.25) is 0 Å². The third-order valence-electron chi connectivity index (χ3n) is 3.16. The zero-order valence-corrected chi connectivity index (χ0v) is 12.7. The first kappa shape index (κ1) is 16.8. The molecular formula is C14H12N4O6. The largest absolute Gasteiger partial charge is 0.490 e. The molecule has 0 saturated heterocycles. The van der Waals surface area contributed by atoms with Gasteiger partial charge in [0, 0.05) is 23.3 Å². The van der Waals surface area contributed by atoms with Gasteiger partial charge in [0.05, 0.1) is 17.0 Å². The molecule has 10 heteroatoms. The molecule has 0 aliphatic heterocycles. The van der Waals surface area contributed by atoms with Crippen LogP contribution in [0.4, 0.5) is 17.2 Å². The molecule has 1 aromatic heterocycles. The van der Waals surface area contributed by atoms with Gasteiger partial charge in [0.25, 0.3) is 11.6 Å². The fourth-order valence-electron chi connectivity index (χ4n) is 1.97. The number of nitro benzene ring substituents is 1. The normalized spacial score (nSPS) is 10.1. The van der Waals surface area contributed by atoms with Crippen LogP contribution < -0.4 is 10.1 Å². The Balaban J connectivity index is 2.25. The van der Waals surface area contributed by atoms with E-state index in [4.69, 9.17) is 4.74 Å². The molecule has 0 unspecified atom stereocenters. The van der Waals surface area contributed by atoms with Crippen LogP contribution in [0.3, 0.4) is 0 Å². The number of ether oxygens (including phenoxy) is 1. The topological polar surface area (TPSA) is 138 Å². The molecule has 0 fully saturated rings. The van der Waals surface area contributed by atoms with Gasteiger partial charge in [0.2, 0.25) is 0 Å². The van der Waals surface area contributed by atoms with Crippen LogP contribution >= 0.6 is 0 Å². The van der Waals surface area contributed by atoms with E-state index in [0.29, 0.717) is 5.56 Å². The molecule has 1 amide bonds. The fourth-order valence-corrected chi connectivity index (χ4v) is 1.97. The molecule has 24 heavy (non-hydrogen) atoms. The third kappa shape index (κ3) is 3.43. The number of methoxy groups -OCH3 is 1. The molecule has 0 bridgehead atoms. The lowest BCUT2D eigenvalue weighted by molar-refractivity contribution is -0.385. The van der Waals surface area contributed by atoms with Gasteiger partial charge in [-0.3, -0.25) is 25.0 Å². The fraction of sp³-hybridized carbons (Fsp3) is 0.143. The number of hydrogen-bond acceptors (Lipinski definition) is 7. The molecule has 0 atom stereocenters. The molecule has 0 aliphatic rings. The maximum absolute atomic E-state index is 12.2. The van der Waals surface area contributed by atoms with Crippen molar-refractivity contribution >= 4 is 23.1 Å². The smallest absolute Gasteiger partial charge is 0.310 e. The average molecular weight is 332 g/mol. The summed E-state index contributed by atoms with van der Waals surface area (Å²) < 4.78 is 4.90. The van der Waals surface area contributed by atoms with Crippen molar-refractivity contribution in [1.29, 1.82) is 0 Å². The summed E-state index contributed by atoms with van der Waals surface area (Å²) in [4.78, 5) is 36.4. The number of pyridine rings is 1. The quantitative estimate of drug-likeness (QED) is 0.655. The highest BCUT2D eigenvalue weighted by Crippen LogP contribution is 2.28. The minimum absolute atomic E-state index is 0.0551. The monoisotopic (exact) mass is 332 g/mol. The van der Waals surface area contributed by atoms with E-state index in [0.717, 1.165) is 12.3 Å².